The van der Waals surface area contributed by atoms with Gasteiger partial charge in [-0.2, -0.15) is 0 Å². The first-order valence-electron chi connectivity index (χ1n) is 4.95. The first-order chi connectivity index (χ1) is 8.47. The average molecular weight is 269 g/mol. The molecule has 3 N–H and O–H groups in total. The highest BCUT2D eigenvalue weighted by molar-refractivity contribution is 7.13. The van der Waals surface area contributed by atoms with Crippen molar-refractivity contribution in [2.24, 2.45) is 0 Å². The van der Waals surface area contributed by atoms with E-state index in [4.69, 9.17) is 5.73 Å². The van der Waals surface area contributed by atoms with Crippen LogP contribution >= 0.6 is 11.3 Å². The summed E-state index contributed by atoms with van der Waals surface area (Å²) in [7, 11) is 0. The highest BCUT2D eigenvalue weighted by atomic mass is 32.1. The number of hydrogen-bond donors (Lipinski definition) is 2. The molecule has 1 amide bonds. The fraction of sp³-hybridized carbons (Fsp3) is 0.0909. The number of rotatable bonds is 2. The SMILES string of the molecule is Cc1cc(F)c(NC(=O)c2csc(N)n2)cc1F. The molecule has 0 saturated heterocycles. The number of nitrogen functional groups attached to an aromatic ring is 1. The number of halogens is 2. The van der Waals surface area contributed by atoms with Crippen LogP contribution in [0.2, 0.25) is 0 Å². The number of aryl methyl sites for hydroxylation is 1. The summed E-state index contributed by atoms with van der Waals surface area (Å²) < 4.78 is 26.8. The van der Waals surface area contributed by atoms with Crippen LogP contribution in [0.4, 0.5) is 19.6 Å². The van der Waals surface area contributed by atoms with Crippen molar-refractivity contribution in [3.63, 3.8) is 0 Å². The minimum Gasteiger partial charge on any atom is -0.375 e. The molecule has 0 atom stereocenters. The van der Waals surface area contributed by atoms with Crippen LogP contribution in [0.1, 0.15) is 16.1 Å². The molecule has 94 valence electrons. The van der Waals surface area contributed by atoms with E-state index < -0.39 is 17.5 Å². The Kier molecular flexibility index (Phi) is 3.24. The number of benzene rings is 1. The van der Waals surface area contributed by atoms with E-state index >= 15 is 0 Å². The van der Waals surface area contributed by atoms with Gasteiger partial charge in [0.15, 0.2) is 5.13 Å². The number of anilines is 2. The van der Waals surface area contributed by atoms with E-state index in [1.165, 1.54) is 12.3 Å². The molecule has 7 heteroatoms. The van der Waals surface area contributed by atoms with E-state index in [1.54, 1.807) is 0 Å². The summed E-state index contributed by atoms with van der Waals surface area (Å²) in [6.45, 7) is 1.44. The maximum absolute atomic E-state index is 13.5. The maximum Gasteiger partial charge on any atom is 0.275 e. The lowest BCUT2D eigenvalue weighted by Crippen LogP contribution is -2.14. The normalized spacial score (nSPS) is 10.4. The Bertz CT molecular complexity index is 612. The van der Waals surface area contributed by atoms with Crippen LogP contribution in [-0.4, -0.2) is 10.9 Å². The average Bonchev–Trinajstić information content (AvgIpc) is 2.73. The maximum atomic E-state index is 13.5. The topological polar surface area (TPSA) is 68.0 Å². The summed E-state index contributed by atoms with van der Waals surface area (Å²) >= 11 is 1.09. The summed E-state index contributed by atoms with van der Waals surface area (Å²) in [4.78, 5) is 15.4. The van der Waals surface area contributed by atoms with Crippen LogP contribution in [0.5, 0.6) is 0 Å². The number of nitrogens with zero attached hydrogens (tertiary/aromatic N) is 1. The minimum absolute atomic E-state index is 0.0675. The molecule has 0 aliphatic carbocycles. The molecule has 2 rings (SSSR count). The molecule has 4 nitrogen and oxygen atoms in total. The molecule has 0 saturated carbocycles. The second kappa shape index (κ2) is 4.69. The van der Waals surface area contributed by atoms with Gasteiger partial charge < -0.3 is 11.1 Å². The highest BCUT2D eigenvalue weighted by Crippen LogP contribution is 2.20. The monoisotopic (exact) mass is 269 g/mol. The lowest BCUT2D eigenvalue weighted by molar-refractivity contribution is 0.102. The van der Waals surface area contributed by atoms with Crippen LogP contribution in [-0.2, 0) is 0 Å². The molecule has 18 heavy (non-hydrogen) atoms. The van der Waals surface area contributed by atoms with Gasteiger partial charge in [0.2, 0.25) is 0 Å². The number of thiazole rings is 1. The molecule has 0 aliphatic rings. The van der Waals surface area contributed by atoms with Crippen LogP contribution in [0.15, 0.2) is 17.5 Å². The Morgan fingerprint density at radius 2 is 2.11 bits per heavy atom. The van der Waals surface area contributed by atoms with E-state index in [-0.39, 0.29) is 22.1 Å². The molecule has 0 unspecified atom stereocenters. The van der Waals surface area contributed by atoms with Crippen molar-refractivity contribution in [3.05, 3.63) is 40.4 Å². The molecule has 0 spiro atoms. The van der Waals surface area contributed by atoms with Crippen molar-refractivity contribution in [1.82, 2.24) is 4.98 Å². The van der Waals surface area contributed by atoms with E-state index in [9.17, 15) is 13.6 Å². The summed E-state index contributed by atoms with van der Waals surface area (Å²) in [5.41, 5.74) is 5.39. The third-order valence-corrected chi connectivity index (χ3v) is 2.92. The van der Waals surface area contributed by atoms with Gasteiger partial charge >= 0.3 is 0 Å². The van der Waals surface area contributed by atoms with Crippen molar-refractivity contribution in [2.75, 3.05) is 11.1 Å². The summed E-state index contributed by atoms with van der Waals surface area (Å²) in [5, 5.41) is 3.91. The summed E-state index contributed by atoms with van der Waals surface area (Å²) in [6, 6.07) is 1.94. The molecule has 0 radical (unpaired) electrons. The van der Waals surface area contributed by atoms with Crippen molar-refractivity contribution in [1.29, 1.82) is 0 Å². The van der Waals surface area contributed by atoms with Crippen LogP contribution in [0.3, 0.4) is 0 Å². The molecule has 1 aromatic carbocycles. The molecule has 0 aliphatic heterocycles. The van der Waals surface area contributed by atoms with E-state index in [2.05, 4.69) is 10.3 Å². The second-order valence-electron chi connectivity index (χ2n) is 3.61. The molecule has 0 fully saturated rings. The minimum atomic E-state index is -0.703. The van der Waals surface area contributed by atoms with E-state index in [0.717, 1.165) is 23.5 Å². The second-order valence-corrected chi connectivity index (χ2v) is 4.50. The van der Waals surface area contributed by atoms with Crippen LogP contribution in [0, 0.1) is 18.6 Å². The zero-order chi connectivity index (χ0) is 13.3. The predicted molar refractivity (Wildman–Crippen MR) is 65.6 cm³/mol. The number of nitrogens with two attached hydrogens (primary N) is 1. The van der Waals surface area contributed by atoms with Gasteiger partial charge in [-0.1, -0.05) is 0 Å². The van der Waals surface area contributed by atoms with E-state index in [0.29, 0.717) is 0 Å². The number of aromatic nitrogens is 1. The Hall–Kier alpha value is -2.02. The zero-order valence-corrected chi connectivity index (χ0v) is 10.1. The number of amides is 1. The van der Waals surface area contributed by atoms with Crippen LogP contribution < -0.4 is 11.1 Å². The van der Waals surface area contributed by atoms with Crippen molar-refractivity contribution < 1.29 is 13.6 Å². The van der Waals surface area contributed by atoms with Gasteiger partial charge in [0.05, 0.1) is 5.69 Å². The Balaban J connectivity index is 2.24. The zero-order valence-electron chi connectivity index (χ0n) is 9.33. The summed E-state index contributed by atoms with van der Waals surface area (Å²) in [5.74, 6) is -1.93. The quantitative estimate of drug-likeness (QED) is 0.880. The smallest absolute Gasteiger partial charge is 0.275 e. The third kappa shape index (κ3) is 2.45. The summed E-state index contributed by atoms with van der Waals surface area (Å²) in [6.07, 6.45) is 0. The fourth-order valence-corrected chi connectivity index (χ4v) is 1.86. The Labute approximate surface area is 105 Å². The van der Waals surface area contributed by atoms with Gasteiger partial charge in [-0.3, -0.25) is 4.79 Å². The number of hydrogen-bond acceptors (Lipinski definition) is 4. The Morgan fingerprint density at radius 3 is 2.72 bits per heavy atom. The van der Waals surface area contributed by atoms with Gasteiger partial charge in [-0.05, 0) is 18.6 Å². The molecular weight excluding hydrogens is 260 g/mol. The van der Waals surface area contributed by atoms with Gasteiger partial charge in [0.25, 0.3) is 5.91 Å². The molecule has 1 aromatic heterocycles. The highest BCUT2D eigenvalue weighted by Gasteiger charge is 2.14. The first kappa shape index (κ1) is 12.4. The van der Waals surface area contributed by atoms with Gasteiger partial charge in [-0.25, -0.2) is 13.8 Å². The van der Waals surface area contributed by atoms with E-state index in [1.807, 2.05) is 0 Å². The van der Waals surface area contributed by atoms with Crippen molar-refractivity contribution >= 4 is 28.1 Å². The molecule has 1 heterocycles. The van der Waals surface area contributed by atoms with Crippen LogP contribution in [0.25, 0.3) is 0 Å². The number of carbonyl (C=O) groups is 1. The predicted octanol–water partition coefficient (Wildman–Crippen LogP) is 2.56. The standard InChI is InChI=1S/C11H9F2N3OS/c1-5-2-7(13)8(3-6(5)12)15-10(17)9-4-18-11(14)16-9/h2-4H,1H3,(H2,14,16)(H,15,17). The molecular formula is C11H9F2N3OS. The van der Waals surface area contributed by atoms with Crippen molar-refractivity contribution in [2.45, 2.75) is 6.92 Å². The van der Waals surface area contributed by atoms with Gasteiger partial charge in [-0.15, -0.1) is 11.3 Å². The number of nitrogens with one attached hydrogen (secondary N) is 1. The van der Waals surface area contributed by atoms with Crippen molar-refractivity contribution in [3.8, 4) is 0 Å². The number of carbonyl (C=O) groups excluding carboxylic acids is 1. The lowest BCUT2D eigenvalue weighted by atomic mass is 10.2. The largest absolute Gasteiger partial charge is 0.375 e. The fourth-order valence-electron chi connectivity index (χ4n) is 1.32. The molecule has 0 bridgehead atoms. The van der Waals surface area contributed by atoms with Gasteiger partial charge in [0, 0.05) is 11.4 Å². The Morgan fingerprint density at radius 1 is 1.39 bits per heavy atom. The third-order valence-electron chi connectivity index (χ3n) is 2.25. The van der Waals surface area contributed by atoms with Gasteiger partial charge in [0.1, 0.15) is 17.3 Å². The molecule has 2 aromatic rings. The first-order valence-corrected chi connectivity index (χ1v) is 5.83. The lowest BCUT2D eigenvalue weighted by Gasteiger charge is -2.06.